The van der Waals surface area contributed by atoms with Gasteiger partial charge in [0, 0.05) is 47.7 Å². The summed E-state index contributed by atoms with van der Waals surface area (Å²) in [7, 11) is 0. The summed E-state index contributed by atoms with van der Waals surface area (Å²) in [5.74, 6) is -1.28. The lowest BCUT2D eigenvalue weighted by Gasteiger charge is -2.44. The first-order chi connectivity index (χ1) is 14.9. The summed E-state index contributed by atoms with van der Waals surface area (Å²) >= 11 is 0. The van der Waals surface area contributed by atoms with Crippen LogP contribution in [0.5, 0.6) is 0 Å². The molecule has 2 aliphatic rings. The predicted molar refractivity (Wildman–Crippen MR) is 114 cm³/mol. The van der Waals surface area contributed by atoms with Gasteiger partial charge in [-0.1, -0.05) is 18.2 Å². The van der Waals surface area contributed by atoms with Gasteiger partial charge in [0.25, 0.3) is 0 Å². The number of carbonyl (C=O) groups is 1. The molecule has 2 fully saturated rings. The SMILES string of the molecule is O=C(Nc1cccc2cnccc12)N1C2CCC1CC(O)(Cc1ccc(F)cc1F)C2. The Balaban J connectivity index is 1.33. The van der Waals surface area contributed by atoms with Crippen molar-refractivity contribution in [1.29, 1.82) is 0 Å². The molecule has 5 rings (SSSR count). The molecule has 2 aliphatic heterocycles. The van der Waals surface area contributed by atoms with E-state index in [0.29, 0.717) is 18.4 Å². The van der Waals surface area contributed by atoms with Crippen LogP contribution >= 0.6 is 0 Å². The van der Waals surface area contributed by atoms with E-state index in [4.69, 9.17) is 0 Å². The highest BCUT2D eigenvalue weighted by atomic mass is 19.1. The highest BCUT2D eigenvalue weighted by Crippen LogP contribution is 2.43. The number of rotatable bonds is 3. The molecule has 7 heteroatoms. The Morgan fingerprint density at radius 1 is 1.16 bits per heavy atom. The van der Waals surface area contributed by atoms with Crippen molar-refractivity contribution in [2.75, 3.05) is 5.32 Å². The van der Waals surface area contributed by atoms with Crippen molar-refractivity contribution >= 4 is 22.5 Å². The van der Waals surface area contributed by atoms with E-state index in [0.717, 1.165) is 35.4 Å². The number of carbonyl (C=O) groups excluding carboxylic acids is 1. The van der Waals surface area contributed by atoms with Gasteiger partial charge in [-0.3, -0.25) is 4.98 Å². The molecule has 2 saturated heterocycles. The number of hydrogen-bond acceptors (Lipinski definition) is 3. The number of pyridine rings is 1. The lowest BCUT2D eigenvalue weighted by atomic mass is 9.81. The van der Waals surface area contributed by atoms with E-state index in [1.165, 1.54) is 12.1 Å². The maximum absolute atomic E-state index is 14.1. The molecule has 160 valence electrons. The largest absolute Gasteiger partial charge is 0.389 e. The minimum Gasteiger partial charge on any atom is -0.389 e. The molecule has 5 nitrogen and oxygen atoms in total. The van der Waals surface area contributed by atoms with Crippen molar-refractivity contribution < 1.29 is 18.7 Å². The van der Waals surface area contributed by atoms with Crippen molar-refractivity contribution in [2.24, 2.45) is 0 Å². The molecule has 2 aromatic carbocycles. The van der Waals surface area contributed by atoms with Crippen molar-refractivity contribution in [1.82, 2.24) is 9.88 Å². The first-order valence-electron chi connectivity index (χ1n) is 10.5. The molecule has 2 N–H and O–H groups in total. The lowest BCUT2D eigenvalue weighted by molar-refractivity contribution is -0.0372. The maximum Gasteiger partial charge on any atom is 0.322 e. The molecule has 31 heavy (non-hydrogen) atoms. The Kier molecular flexibility index (Phi) is 4.85. The molecule has 3 heterocycles. The van der Waals surface area contributed by atoms with Gasteiger partial charge >= 0.3 is 6.03 Å². The number of urea groups is 1. The van der Waals surface area contributed by atoms with Gasteiger partial charge in [-0.25, -0.2) is 13.6 Å². The van der Waals surface area contributed by atoms with Gasteiger partial charge < -0.3 is 15.3 Å². The molecule has 0 radical (unpaired) electrons. The minimum atomic E-state index is -1.12. The third-order valence-corrected chi connectivity index (χ3v) is 6.54. The van der Waals surface area contributed by atoms with E-state index in [1.807, 2.05) is 29.2 Å². The topological polar surface area (TPSA) is 65.5 Å². The predicted octanol–water partition coefficient (Wildman–Crippen LogP) is 4.65. The number of amides is 2. The molecule has 2 amide bonds. The standard InChI is InChI=1S/C24H23F2N3O2/c25-17-5-4-15(21(26)10-17)11-24(31)12-18-6-7-19(13-24)29(18)23(30)28-22-3-1-2-16-14-27-9-8-20(16)22/h1-5,8-10,14,18-19,31H,6-7,11-13H2,(H,28,30). The van der Waals surface area contributed by atoms with Crippen LogP contribution in [0.3, 0.4) is 0 Å². The Morgan fingerprint density at radius 2 is 1.94 bits per heavy atom. The fourth-order valence-corrected chi connectivity index (χ4v) is 5.23. The number of fused-ring (bicyclic) bond motifs is 3. The van der Waals surface area contributed by atoms with Gasteiger partial charge in [-0.15, -0.1) is 0 Å². The third kappa shape index (κ3) is 3.74. The fourth-order valence-electron chi connectivity index (χ4n) is 5.23. The second-order valence-corrected chi connectivity index (χ2v) is 8.67. The fraction of sp³-hybridized carbons (Fsp3) is 0.333. The average molecular weight is 423 g/mol. The molecular weight excluding hydrogens is 400 g/mol. The summed E-state index contributed by atoms with van der Waals surface area (Å²) in [4.78, 5) is 19.1. The van der Waals surface area contributed by atoms with Crippen LogP contribution in [-0.4, -0.2) is 38.7 Å². The lowest BCUT2D eigenvalue weighted by Crippen LogP contribution is -2.55. The number of nitrogens with zero attached hydrogens (tertiary/aromatic N) is 2. The highest BCUT2D eigenvalue weighted by molar-refractivity contribution is 6.01. The molecule has 2 atom stereocenters. The summed E-state index contributed by atoms with van der Waals surface area (Å²) in [6, 6.07) is 10.6. The van der Waals surface area contributed by atoms with Crippen LogP contribution in [0.4, 0.5) is 19.3 Å². The normalized spacial score (nSPS) is 25.1. The zero-order valence-electron chi connectivity index (χ0n) is 16.9. The number of nitrogens with one attached hydrogen (secondary N) is 1. The second kappa shape index (κ2) is 7.57. The summed E-state index contributed by atoms with van der Waals surface area (Å²) in [6.07, 6.45) is 5.89. The van der Waals surface area contributed by atoms with Crippen molar-refractivity contribution in [3.63, 3.8) is 0 Å². The summed E-state index contributed by atoms with van der Waals surface area (Å²) in [5.41, 5.74) is -0.101. The number of aromatic nitrogens is 1. The molecule has 3 aromatic rings. The zero-order valence-corrected chi connectivity index (χ0v) is 16.9. The number of anilines is 1. The maximum atomic E-state index is 14.1. The van der Waals surface area contributed by atoms with Gasteiger partial charge in [0.2, 0.25) is 0 Å². The van der Waals surface area contributed by atoms with Gasteiger partial charge in [-0.2, -0.15) is 0 Å². The highest BCUT2D eigenvalue weighted by Gasteiger charge is 2.49. The summed E-state index contributed by atoms with van der Waals surface area (Å²) < 4.78 is 27.3. The van der Waals surface area contributed by atoms with Crippen LogP contribution in [-0.2, 0) is 6.42 Å². The number of hydrogen-bond donors (Lipinski definition) is 2. The van der Waals surface area contributed by atoms with Crippen LogP contribution in [0.25, 0.3) is 10.8 Å². The van der Waals surface area contributed by atoms with E-state index in [9.17, 15) is 18.7 Å². The average Bonchev–Trinajstić information content (AvgIpc) is 3.03. The Hall–Kier alpha value is -3.06. The first-order valence-corrected chi connectivity index (χ1v) is 10.5. The van der Waals surface area contributed by atoms with Crippen molar-refractivity contribution in [3.05, 3.63) is 72.1 Å². The van der Waals surface area contributed by atoms with Gasteiger partial charge in [0.05, 0.1) is 11.3 Å². The second-order valence-electron chi connectivity index (χ2n) is 8.67. The Morgan fingerprint density at radius 3 is 2.68 bits per heavy atom. The van der Waals surface area contributed by atoms with E-state index in [2.05, 4.69) is 10.3 Å². The zero-order chi connectivity index (χ0) is 21.6. The number of piperidine rings is 1. The molecular formula is C24H23F2N3O2. The van der Waals surface area contributed by atoms with E-state index < -0.39 is 17.2 Å². The third-order valence-electron chi connectivity index (χ3n) is 6.54. The quantitative estimate of drug-likeness (QED) is 0.645. The van der Waals surface area contributed by atoms with E-state index in [1.54, 1.807) is 12.4 Å². The smallest absolute Gasteiger partial charge is 0.322 e. The van der Waals surface area contributed by atoms with Crippen LogP contribution < -0.4 is 5.32 Å². The van der Waals surface area contributed by atoms with Crippen LogP contribution in [0.15, 0.2) is 54.9 Å². The minimum absolute atomic E-state index is 0.109. The molecule has 0 spiro atoms. The van der Waals surface area contributed by atoms with Crippen LogP contribution in [0.2, 0.25) is 0 Å². The number of benzene rings is 2. The Labute approximate surface area is 178 Å². The Bertz CT molecular complexity index is 1130. The molecule has 2 bridgehead atoms. The monoisotopic (exact) mass is 423 g/mol. The molecule has 0 aliphatic carbocycles. The van der Waals surface area contributed by atoms with Crippen LogP contribution in [0.1, 0.15) is 31.2 Å². The van der Waals surface area contributed by atoms with Gasteiger partial charge in [0.1, 0.15) is 11.6 Å². The van der Waals surface area contributed by atoms with Crippen molar-refractivity contribution in [2.45, 2.75) is 49.8 Å². The molecule has 2 unspecified atom stereocenters. The van der Waals surface area contributed by atoms with Crippen molar-refractivity contribution in [3.8, 4) is 0 Å². The molecule has 0 saturated carbocycles. The number of aliphatic hydroxyl groups is 1. The summed E-state index contributed by atoms with van der Waals surface area (Å²) in [6.45, 7) is 0. The number of halogens is 2. The van der Waals surface area contributed by atoms with Gasteiger partial charge in [0.15, 0.2) is 0 Å². The van der Waals surface area contributed by atoms with E-state index in [-0.39, 0.29) is 24.5 Å². The first kappa shape index (κ1) is 19.9. The summed E-state index contributed by atoms with van der Waals surface area (Å²) in [5, 5.41) is 16.1. The van der Waals surface area contributed by atoms with E-state index >= 15 is 0 Å². The van der Waals surface area contributed by atoms with Gasteiger partial charge in [-0.05, 0) is 49.4 Å². The molecule has 1 aromatic heterocycles. The van der Waals surface area contributed by atoms with Crippen LogP contribution in [0, 0.1) is 11.6 Å².